The number of sulfone groups is 3. The predicted molar refractivity (Wildman–Crippen MR) is 228 cm³/mol. The molecule has 1 unspecified atom stereocenters. The molecule has 0 radical (unpaired) electrons. The molecule has 0 spiro atoms. The molecule has 4 aromatic rings. The van der Waals surface area contributed by atoms with Gasteiger partial charge in [-0.25, -0.2) is 33.7 Å². The fourth-order valence-electron chi connectivity index (χ4n) is 7.52. The van der Waals surface area contributed by atoms with Gasteiger partial charge in [-0.05, 0) is 82.6 Å². The van der Waals surface area contributed by atoms with Crippen molar-refractivity contribution in [1.82, 2.24) is 20.3 Å². The molecule has 5 rings (SSSR count). The molecule has 0 bridgehead atoms. The summed E-state index contributed by atoms with van der Waals surface area (Å²) in [6.07, 6.45) is 0.898. The second-order valence-corrected chi connectivity index (χ2v) is 23.4. The molecule has 4 aromatic carbocycles. The standard InChI is InChI=1S/C42H56N4O8S4/c1-6-7-8-9-26-41(55(47,48)37-18-10-33(2)11-19-37)42(56(49,50)38-20-12-34(3)13-21-38,57(51,52)39-22-14-35(4)15-23-39)45-30-29-43-27-28-44-31-32-46(41)58(53,54)40-24-16-36(5)17-25-40/h10-25,43-45H,6-9,26-32H2,1-5H3. The third kappa shape index (κ3) is 8.44. The lowest BCUT2D eigenvalue weighted by Gasteiger charge is -2.53. The van der Waals surface area contributed by atoms with E-state index < -0.39 is 76.3 Å². The van der Waals surface area contributed by atoms with Crippen LogP contribution in [0.2, 0.25) is 0 Å². The summed E-state index contributed by atoms with van der Waals surface area (Å²) in [5.74, 6) is 0. The van der Waals surface area contributed by atoms with Crippen LogP contribution >= 0.6 is 0 Å². The lowest BCUT2D eigenvalue weighted by molar-refractivity contribution is 0.199. The Morgan fingerprint density at radius 1 is 0.483 bits per heavy atom. The highest BCUT2D eigenvalue weighted by Gasteiger charge is 2.77. The summed E-state index contributed by atoms with van der Waals surface area (Å²) in [7, 11) is -21.5. The van der Waals surface area contributed by atoms with Crippen molar-refractivity contribution in [2.45, 2.75) is 95.4 Å². The Morgan fingerprint density at radius 2 is 0.862 bits per heavy atom. The average Bonchev–Trinajstić information content (AvgIpc) is 3.17. The lowest BCUT2D eigenvalue weighted by Crippen LogP contribution is -2.80. The fourth-order valence-corrected chi connectivity index (χ4v) is 18.5. The summed E-state index contributed by atoms with van der Waals surface area (Å²) < 4.78 is 126. The minimum absolute atomic E-state index is 0.0114. The van der Waals surface area contributed by atoms with Crippen LogP contribution in [0.1, 0.15) is 61.3 Å². The number of hydrogen-bond donors (Lipinski definition) is 3. The molecule has 1 heterocycles. The van der Waals surface area contributed by atoms with Gasteiger partial charge in [0.15, 0.2) is 4.87 Å². The normalized spacial score (nSPS) is 19.2. The van der Waals surface area contributed by atoms with Gasteiger partial charge in [0.25, 0.3) is 4.20 Å². The number of unbranched alkanes of at least 4 members (excludes halogenated alkanes) is 3. The first-order valence-corrected chi connectivity index (χ1v) is 25.5. The van der Waals surface area contributed by atoms with E-state index in [9.17, 15) is 0 Å². The number of rotatable bonds is 13. The summed E-state index contributed by atoms with van der Waals surface area (Å²) in [5, 5.41) is 9.25. The first-order valence-electron chi connectivity index (χ1n) is 19.6. The number of nitrogens with one attached hydrogen (secondary N) is 3. The van der Waals surface area contributed by atoms with Crippen molar-refractivity contribution in [3.63, 3.8) is 0 Å². The second-order valence-electron chi connectivity index (χ2n) is 15.0. The highest BCUT2D eigenvalue weighted by atomic mass is 32.3. The van der Waals surface area contributed by atoms with Crippen LogP contribution in [0.15, 0.2) is 117 Å². The van der Waals surface area contributed by atoms with Crippen molar-refractivity contribution >= 4 is 39.5 Å². The van der Waals surface area contributed by atoms with E-state index in [0.717, 1.165) is 5.56 Å². The summed E-state index contributed by atoms with van der Waals surface area (Å²) in [6, 6.07) is 22.4. The molecule has 58 heavy (non-hydrogen) atoms. The van der Waals surface area contributed by atoms with Gasteiger partial charge in [0.05, 0.1) is 19.6 Å². The zero-order valence-corrected chi connectivity index (χ0v) is 37.1. The van der Waals surface area contributed by atoms with Crippen LogP contribution < -0.4 is 16.0 Å². The quantitative estimate of drug-likeness (QED) is 0.146. The Kier molecular flexibility index (Phi) is 14.5. The second kappa shape index (κ2) is 18.4. The smallest absolute Gasteiger partial charge is 0.266 e. The summed E-state index contributed by atoms with van der Waals surface area (Å²) in [5.41, 5.74) is 2.73. The molecule has 12 nitrogen and oxygen atoms in total. The number of sulfonamides is 1. The zero-order valence-electron chi connectivity index (χ0n) is 33.9. The minimum Gasteiger partial charge on any atom is -0.314 e. The topological polar surface area (TPSA) is 176 Å². The van der Waals surface area contributed by atoms with Gasteiger partial charge in [-0.15, -0.1) is 0 Å². The van der Waals surface area contributed by atoms with Gasteiger partial charge in [-0.3, -0.25) is 5.32 Å². The van der Waals surface area contributed by atoms with Crippen molar-refractivity contribution in [3.8, 4) is 0 Å². The third-order valence-electron chi connectivity index (χ3n) is 10.7. The molecule has 0 saturated carbocycles. The molecule has 16 heteroatoms. The third-order valence-corrected chi connectivity index (χ3v) is 21.1. The molecule has 1 atom stereocenters. The van der Waals surface area contributed by atoms with Crippen molar-refractivity contribution in [2.75, 3.05) is 39.3 Å². The average molecular weight is 873 g/mol. The van der Waals surface area contributed by atoms with Crippen LogP contribution in [-0.2, 0) is 39.5 Å². The number of benzene rings is 4. The van der Waals surface area contributed by atoms with E-state index in [1.54, 1.807) is 39.8 Å². The van der Waals surface area contributed by atoms with Crippen molar-refractivity contribution < 1.29 is 33.7 Å². The molecular weight excluding hydrogens is 817 g/mol. The SMILES string of the molecule is CCCCCCC1(S(=O)(=O)c2ccc(C)cc2)N(S(=O)(=O)c2ccc(C)cc2)CCNCCNCCNC1(S(=O)(=O)c1ccc(C)cc1)S(=O)(=O)c1ccc(C)cc1. The van der Waals surface area contributed by atoms with E-state index >= 15 is 33.7 Å². The van der Waals surface area contributed by atoms with Gasteiger partial charge >= 0.3 is 0 Å². The van der Waals surface area contributed by atoms with Gasteiger partial charge < -0.3 is 10.6 Å². The Morgan fingerprint density at radius 3 is 1.29 bits per heavy atom. The molecule has 1 aliphatic rings. The Bertz CT molecular complexity index is 2380. The lowest BCUT2D eigenvalue weighted by atomic mass is 10.1. The Balaban J connectivity index is 2.14. The van der Waals surface area contributed by atoms with Gasteiger partial charge in [0, 0.05) is 39.3 Å². The summed E-state index contributed by atoms with van der Waals surface area (Å²) in [6.45, 7) is 8.54. The molecule has 1 aliphatic heterocycles. The predicted octanol–water partition coefficient (Wildman–Crippen LogP) is 5.44. The molecule has 1 fully saturated rings. The van der Waals surface area contributed by atoms with Crippen LogP contribution in [0.3, 0.4) is 0 Å². The maximum Gasteiger partial charge on any atom is 0.266 e. The highest BCUT2D eigenvalue weighted by Crippen LogP contribution is 2.53. The van der Waals surface area contributed by atoms with Crippen LogP contribution in [0.5, 0.6) is 0 Å². The Labute approximate surface area is 345 Å². The number of nitrogens with zero attached hydrogens (tertiary/aromatic N) is 1. The Hall–Kier alpha value is -3.48. The zero-order chi connectivity index (χ0) is 42.4. The maximum atomic E-state index is 16.4. The van der Waals surface area contributed by atoms with E-state index in [-0.39, 0.29) is 31.0 Å². The van der Waals surface area contributed by atoms with Gasteiger partial charge in [-0.1, -0.05) is 103 Å². The van der Waals surface area contributed by atoms with Crippen LogP contribution in [-0.4, -0.2) is 86.3 Å². The molecule has 316 valence electrons. The highest BCUT2D eigenvalue weighted by molar-refractivity contribution is 8.12. The molecule has 0 amide bonds. The van der Waals surface area contributed by atoms with Gasteiger partial charge in [0.2, 0.25) is 39.5 Å². The van der Waals surface area contributed by atoms with Crippen LogP contribution in [0.4, 0.5) is 0 Å². The van der Waals surface area contributed by atoms with Gasteiger partial charge in [0.1, 0.15) is 0 Å². The van der Waals surface area contributed by atoms with Gasteiger partial charge in [-0.2, -0.15) is 4.31 Å². The molecule has 3 N–H and O–H groups in total. The van der Waals surface area contributed by atoms with E-state index in [1.807, 2.05) is 6.92 Å². The van der Waals surface area contributed by atoms with E-state index in [1.165, 1.54) is 84.9 Å². The largest absolute Gasteiger partial charge is 0.314 e. The van der Waals surface area contributed by atoms with Crippen LogP contribution in [0.25, 0.3) is 0 Å². The van der Waals surface area contributed by atoms with Crippen molar-refractivity contribution in [3.05, 3.63) is 119 Å². The van der Waals surface area contributed by atoms with Crippen molar-refractivity contribution in [2.24, 2.45) is 0 Å². The fraction of sp³-hybridized carbons (Fsp3) is 0.429. The molecular formula is C42H56N4O8S4. The molecule has 1 saturated heterocycles. The van der Waals surface area contributed by atoms with Crippen LogP contribution in [0, 0.1) is 27.7 Å². The molecule has 0 aliphatic carbocycles. The molecule has 0 aromatic heterocycles. The van der Waals surface area contributed by atoms with E-state index in [2.05, 4.69) is 16.0 Å². The van der Waals surface area contributed by atoms with Crippen molar-refractivity contribution in [1.29, 1.82) is 0 Å². The van der Waals surface area contributed by atoms with E-state index in [0.29, 0.717) is 53.3 Å². The first kappa shape index (κ1) is 45.6. The number of aryl methyl sites for hydroxylation is 4. The summed E-state index contributed by atoms with van der Waals surface area (Å²) in [4.78, 5) is -5.03. The van der Waals surface area contributed by atoms with E-state index in [4.69, 9.17) is 0 Å². The maximum absolute atomic E-state index is 16.4. The monoisotopic (exact) mass is 872 g/mol. The summed E-state index contributed by atoms with van der Waals surface area (Å²) >= 11 is 0. The minimum atomic E-state index is -5.51. The number of hydrogen-bond acceptors (Lipinski definition) is 11. The first-order chi connectivity index (χ1) is 27.4.